The number of hydrogen-bond acceptors (Lipinski definition) is 15. The normalized spacial score (nSPS) is 35.9. The van der Waals surface area contributed by atoms with E-state index in [0.29, 0.717) is 6.42 Å². The molecule has 10 N–H and O–H groups in total. The van der Waals surface area contributed by atoms with Crippen molar-refractivity contribution >= 4 is 29.7 Å². The molecule has 15 atom stereocenters. The second-order valence-corrected chi connectivity index (χ2v) is 16.3. The number of aliphatic hydroxyl groups is 5. The first-order chi connectivity index (χ1) is 28.0. The minimum absolute atomic E-state index is 0.00982. The van der Waals surface area contributed by atoms with Gasteiger partial charge in [0, 0.05) is 38.8 Å². The Morgan fingerprint density at radius 3 is 2.14 bits per heavy atom. The number of nitrogens with one attached hydrogen (secondary N) is 3. The number of rotatable bonds is 20. The first-order valence-corrected chi connectivity index (χ1v) is 20.9. The predicted molar refractivity (Wildman–Crippen MR) is 203 cm³/mol. The van der Waals surface area contributed by atoms with Crippen LogP contribution in [0.3, 0.4) is 0 Å². The highest BCUT2D eigenvalue weighted by Gasteiger charge is 2.53. The van der Waals surface area contributed by atoms with Crippen molar-refractivity contribution in [3.63, 3.8) is 0 Å². The molecule has 4 rings (SSSR count). The Morgan fingerprint density at radius 1 is 0.814 bits per heavy atom. The standard InChI is InChI=1S/C39H65N3O17/c1-4-22-16-23(36(52)41-14-13-40-27(45)11-8-12-28(46)47)17-24(34(22)59-39-33(51)32(50)30(48)19(2)55-39)57-38-29(42-20(3)44)35(31(49)26(18-43)58-38)56-25(37(53)54)15-21-9-6-5-7-10-21/h19,21-26,29-35,38-39,43,48-51H,4-18H2,1-3H3,(H,40,45)(H,41,52)(H,42,44)(H,46,47)(H,53,54)/t19?,22?,23?,24-,25+,26?,29?,30-,31+,32?,33?,34?,35?,38-,39+/m1/s1. The van der Waals surface area contributed by atoms with Crippen LogP contribution < -0.4 is 16.0 Å². The van der Waals surface area contributed by atoms with E-state index in [-0.39, 0.29) is 63.4 Å². The summed E-state index contributed by atoms with van der Waals surface area (Å²) < 4.78 is 30.9. The Morgan fingerprint density at radius 2 is 1.51 bits per heavy atom. The number of aliphatic carboxylic acids is 2. The van der Waals surface area contributed by atoms with Gasteiger partial charge in [0.15, 0.2) is 18.7 Å². The van der Waals surface area contributed by atoms with Gasteiger partial charge in [0.1, 0.15) is 42.7 Å². The van der Waals surface area contributed by atoms with E-state index >= 15 is 0 Å². The highest BCUT2D eigenvalue weighted by molar-refractivity contribution is 5.79. The molecule has 0 bridgehead atoms. The van der Waals surface area contributed by atoms with Gasteiger partial charge in [-0.15, -0.1) is 0 Å². The van der Waals surface area contributed by atoms with Gasteiger partial charge in [-0.25, -0.2) is 4.79 Å². The van der Waals surface area contributed by atoms with Crippen LogP contribution in [0.2, 0.25) is 0 Å². The highest BCUT2D eigenvalue weighted by atomic mass is 16.7. The van der Waals surface area contributed by atoms with Crippen LogP contribution >= 0.6 is 0 Å². The van der Waals surface area contributed by atoms with Crippen molar-refractivity contribution in [3.8, 4) is 0 Å². The summed E-state index contributed by atoms with van der Waals surface area (Å²) in [6.45, 7) is 3.94. The van der Waals surface area contributed by atoms with Gasteiger partial charge >= 0.3 is 11.9 Å². The second-order valence-electron chi connectivity index (χ2n) is 16.3. The lowest BCUT2D eigenvalue weighted by Gasteiger charge is -2.49. The average molecular weight is 848 g/mol. The fraction of sp³-hybridized carbons (Fsp3) is 0.872. The van der Waals surface area contributed by atoms with E-state index in [1.54, 1.807) is 0 Å². The highest BCUT2D eigenvalue weighted by Crippen LogP contribution is 2.40. The van der Waals surface area contributed by atoms with E-state index in [1.807, 2.05) is 6.92 Å². The molecule has 0 radical (unpaired) electrons. The van der Waals surface area contributed by atoms with E-state index < -0.39 is 122 Å². The van der Waals surface area contributed by atoms with E-state index in [4.69, 9.17) is 28.8 Å². The zero-order valence-corrected chi connectivity index (χ0v) is 34.1. The minimum atomic E-state index is -1.68. The van der Waals surface area contributed by atoms with Gasteiger partial charge in [-0.05, 0) is 44.4 Å². The van der Waals surface area contributed by atoms with Crippen LogP contribution in [0.4, 0.5) is 0 Å². The average Bonchev–Trinajstić information content (AvgIpc) is 3.19. The molecule has 2 saturated heterocycles. The molecule has 20 heteroatoms. The molecule has 59 heavy (non-hydrogen) atoms. The summed E-state index contributed by atoms with van der Waals surface area (Å²) in [6.07, 6.45) is -11.1. The quantitative estimate of drug-likeness (QED) is 0.0650. The van der Waals surface area contributed by atoms with Crippen molar-refractivity contribution < 1.29 is 83.4 Å². The lowest BCUT2D eigenvalue weighted by molar-refractivity contribution is -0.338. The summed E-state index contributed by atoms with van der Waals surface area (Å²) in [5, 5.41) is 80.7. The molecule has 0 spiro atoms. The monoisotopic (exact) mass is 847 g/mol. The number of ether oxygens (including phenoxy) is 5. The molecule has 4 fully saturated rings. The second kappa shape index (κ2) is 23.2. The predicted octanol–water partition coefficient (Wildman–Crippen LogP) is -1.10. The summed E-state index contributed by atoms with van der Waals surface area (Å²) >= 11 is 0. The van der Waals surface area contributed by atoms with Gasteiger partial charge in [0.05, 0.1) is 24.9 Å². The summed E-state index contributed by atoms with van der Waals surface area (Å²) in [5.41, 5.74) is 0. The number of hydrogen-bond donors (Lipinski definition) is 10. The maximum Gasteiger partial charge on any atom is 0.332 e. The van der Waals surface area contributed by atoms with E-state index in [1.165, 1.54) is 13.8 Å². The third-order valence-corrected chi connectivity index (χ3v) is 11.9. The smallest absolute Gasteiger partial charge is 0.332 e. The molecule has 0 aromatic rings. The van der Waals surface area contributed by atoms with E-state index in [9.17, 15) is 54.6 Å². The Bertz CT molecular complexity index is 1390. The molecule has 2 aliphatic carbocycles. The SMILES string of the molecule is CCC1CC(C(=O)NCCNC(=O)CCCC(=O)O)C[C@@H](O[C@@H]2OC(CO)[C@H](O)C(O[C@@H](CC3CCCCC3)C(=O)O)C2NC(C)=O)C1O[C@@H]1OC(C)[C@@H](O)C(O)C1O. The van der Waals surface area contributed by atoms with Gasteiger partial charge < -0.3 is 75.4 Å². The van der Waals surface area contributed by atoms with Crippen LogP contribution in [0.1, 0.15) is 97.8 Å². The maximum atomic E-state index is 13.7. The third-order valence-electron chi connectivity index (χ3n) is 11.9. The molecule has 0 aromatic carbocycles. The van der Waals surface area contributed by atoms with E-state index in [2.05, 4.69) is 16.0 Å². The van der Waals surface area contributed by atoms with Crippen molar-refractivity contribution in [1.82, 2.24) is 16.0 Å². The van der Waals surface area contributed by atoms with Crippen molar-refractivity contribution in [2.75, 3.05) is 19.7 Å². The van der Waals surface area contributed by atoms with Crippen LogP contribution in [-0.2, 0) is 47.7 Å². The Kier molecular flexibility index (Phi) is 19.2. The van der Waals surface area contributed by atoms with Crippen molar-refractivity contribution in [1.29, 1.82) is 0 Å². The first-order valence-electron chi connectivity index (χ1n) is 20.9. The molecular weight excluding hydrogens is 782 g/mol. The molecule has 2 aliphatic heterocycles. The van der Waals surface area contributed by atoms with Crippen LogP contribution in [0, 0.1) is 17.8 Å². The lowest BCUT2D eigenvalue weighted by atomic mass is 9.75. The Labute approximate surface area is 343 Å². The van der Waals surface area contributed by atoms with Gasteiger partial charge in [0.2, 0.25) is 17.7 Å². The summed E-state index contributed by atoms with van der Waals surface area (Å²) in [7, 11) is 0. The molecular formula is C39H65N3O17. The zero-order chi connectivity index (χ0) is 43.4. The number of amides is 3. The molecule has 2 saturated carbocycles. The number of carbonyl (C=O) groups excluding carboxylic acids is 3. The largest absolute Gasteiger partial charge is 0.481 e. The van der Waals surface area contributed by atoms with Crippen LogP contribution in [-0.4, -0.2) is 165 Å². The molecule has 9 unspecified atom stereocenters. The topological polar surface area (TPSA) is 309 Å². The fourth-order valence-corrected chi connectivity index (χ4v) is 8.60. The van der Waals surface area contributed by atoms with Crippen LogP contribution in [0.25, 0.3) is 0 Å². The summed E-state index contributed by atoms with van der Waals surface area (Å²) in [5.74, 6) is -4.75. The number of carbonyl (C=O) groups is 5. The van der Waals surface area contributed by atoms with Crippen LogP contribution in [0.5, 0.6) is 0 Å². The molecule has 2 heterocycles. The zero-order valence-electron chi connectivity index (χ0n) is 34.1. The molecule has 338 valence electrons. The minimum Gasteiger partial charge on any atom is -0.481 e. The molecule has 3 amide bonds. The number of carboxylic acid groups (broad SMARTS) is 2. The van der Waals surface area contributed by atoms with Gasteiger partial charge in [-0.3, -0.25) is 19.2 Å². The first kappa shape index (κ1) is 48.6. The van der Waals surface area contributed by atoms with Gasteiger partial charge in [-0.2, -0.15) is 0 Å². The van der Waals surface area contributed by atoms with Crippen LogP contribution in [0.15, 0.2) is 0 Å². The Balaban J connectivity index is 1.59. The number of aliphatic hydroxyl groups excluding tert-OH is 5. The Hall–Kier alpha value is -3.05. The molecule has 20 nitrogen and oxygen atoms in total. The van der Waals surface area contributed by atoms with Crippen molar-refractivity contribution in [3.05, 3.63) is 0 Å². The maximum absolute atomic E-state index is 13.7. The number of carboxylic acids is 2. The van der Waals surface area contributed by atoms with Gasteiger partial charge in [-0.1, -0.05) is 45.4 Å². The molecule has 4 aliphatic rings. The third kappa shape index (κ3) is 13.7. The fourth-order valence-electron chi connectivity index (χ4n) is 8.60. The van der Waals surface area contributed by atoms with E-state index in [0.717, 1.165) is 32.1 Å². The van der Waals surface area contributed by atoms with Gasteiger partial charge in [0.25, 0.3) is 0 Å². The summed E-state index contributed by atoms with van der Waals surface area (Å²) in [6, 6.07) is -1.33. The van der Waals surface area contributed by atoms with Crippen molar-refractivity contribution in [2.24, 2.45) is 17.8 Å². The lowest BCUT2D eigenvalue weighted by Crippen LogP contribution is -2.67. The van der Waals surface area contributed by atoms with Crippen molar-refractivity contribution in [2.45, 2.75) is 177 Å². The summed E-state index contributed by atoms with van der Waals surface area (Å²) in [4.78, 5) is 61.8. The molecule has 0 aromatic heterocycles.